The number of rotatable bonds is 8. The molecule has 1 N–H and O–H groups in total. The van der Waals surface area contributed by atoms with Crippen molar-refractivity contribution >= 4 is 23.4 Å². The molecule has 34 heavy (non-hydrogen) atoms. The lowest BCUT2D eigenvalue weighted by Crippen LogP contribution is -2.17. The van der Waals surface area contributed by atoms with Gasteiger partial charge in [-0.1, -0.05) is 42.1 Å². The molecule has 0 bridgehead atoms. The van der Waals surface area contributed by atoms with Gasteiger partial charge in [-0.3, -0.25) is 4.79 Å². The lowest BCUT2D eigenvalue weighted by Gasteiger charge is -2.14. The van der Waals surface area contributed by atoms with Crippen molar-refractivity contribution in [3.63, 3.8) is 0 Å². The van der Waals surface area contributed by atoms with E-state index in [4.69, 9.17) is 0 Å². The number of nitrogens with zero attached hydrogens (tertiary/aromatic N) is 6. The maximum atomic E-state index is 13.2. The van der Waals surface area contributed by atoms with Gasteiger partial charge in [0.25, 0.3) is 0 Å². The van der Waals surface area contributed by atoms with Gasteiger partial charge in [-0.25, -0.2) is 9.67 Å². The number of amides is 1. The highest BCUT2D eigenvalue weighted by Crippen LogP contribution is 2.33. The van der Waals surface area contributed by atoms with Crippen molar-refractivity contribution in [2.45, 2.75) is 31.2 Å². The van der Waals surface area contributed by atoms with Gasteiger partial charge in [0.05, 0.1) is 22.7 Å². The highest BCUT2D eigenvalue weighted by molar-refractivity contribution is 7.99. The molecule has 0 saturated heterocycles. The van der Waals surface area contributed by atoms with Gasteiger partial charge in [-0.2, -0.15) is 18.3 Å². The standard InChI is InChI=1S/C22H20F3N7OS/c1-2-31-19(10-15-6-4-3-5-7-15)29-30-21(31)34-12-20(33)28-17-11-16(22(23,24)25)8-9-18(17)32-14-26-13-27-32/h3-9,11,13-14H,2,10,12H2,1H3,(H,28,33). The first-order valence-electron chi connectivity index (χ1n) is 10.3. The molecule has 0 unspecified atom stereocenters. The van der Waals surface area contributed by atoms with E-state index in [1.54, 1.807) is 0 Å². The number of halogens is 3. The molecule has 0 saturated carbocycles. The molecule has 176 valence electrons. The average Bonchev–Trinajstić information content (AvgIpc) is 3.48. The molecule has 2 aromatic carbocycles. The molecule has 4 aromatic rings. The summed E-state index contributed by atoms with van der Waals surface area (Å²) in [6.07, 6.45) is -1.36. The maximum absolute atomic E-state index is 13.2. The first-order valence-corrected chi connectivity index (χ1v) is 11.3. The van der Waals surface area contributed by atoms with Gasteiger partial charge in [0.1, 0.15) is 18.5 Å². The fourth-order valence-corrected chi connectivity index (χ4v) is 4.14. The number of carbonyl (C=O) groups excluding carboxylic acids is 1. The number of carbonyl (C=O) groups is 1. The van der Waals surface area contributed by atoms with E-state index < -0.39 is 17.6 Å². The van der Waals surface area contributed by atoms with Gasteiger partial charge in [0.15, 0.2) is 5.16 Å². The highest BCUT2D eigenvalue weighted by Gasteiger charge is 2.31. The monoisotopic (exact) mass is 487 g/mol. The summed E-state index contributed by atoms with van der Waals surface area (Å²) in [6.45, 7) is 2.57. The molecule has 0 aliphatic heterocycles. The summed E-state index contributed by atoms with van der Waals surface area (Å²) < 4.78 is 42.9. The Balaban J connectivity index is 1.48. The normalized spacial score (nSPS) is 11.5. The second-order valence-electron chi connectivity index (χ2n) is 7.21. The van der Waals surface area contributed by atoms with Gasteiger partial charge < -0.3 is 9.88 Å². The highest BCUT2D eigenvalue weighted by atomic mass is 32.2. The third-order valence-electron chi connectivity index (χ3n) is 4.91. The molecule has 4 rings (SSSR count). The zero-order valence-corrected chi connectivity index (χ0v) is 18.8. The van der Waals surface area contributed by atoms with E-state index in [1.807, 2.05) is 41.8 Å². The Labute approximate surface area is 197 Å². The van der Waals surface area contributed by atoms with Crippen LogP contribution in [0.2, 0.25) is 0 Å². The Bertz CT molecular complexity index is 1260. The smallest absolute Gasteiger partial charge is 0.323 e. The van der Waals surface area contributed by atoms with E-state index in [-0.39, 0.29) is 17.1 Å². The molecule has 0 radical (unpaired) electrons. The molecule has 12 heteroatoms. The van der Waals surface area contributed by atoms with Crippen LogP contribution in [-0.2, 0) is 23.9 Å². The fourth-order valence-electron chi connectivity index (χ4n) is 3.31. The largest absolute Gasteiger partial charge is 0.416 e. The number of nitrogens with one attached hydrogen (secondary N) is 1. The summed E-state index contributed by atoms with van der Waals surface area (Å²) in [4.78, 5) is 16.5. The van der Waals surface area contributed by atoms with Crippen molar-refractivity contribution in [1.29, 1.82) is 0 Å². The first kappa shape index (κ1) is 23.5. The average molecular weight is 488 g/mol. The second-order valence-corrected chi connectivity index (χ2v) is 8.15. The summed E-state index contributed by atoms with van der Waals surface area (Å²) in [6, 6.07) is 12.9. The molecule has 0 aliphatic carbocycles. The van der Waals surface area contributed by atoms with Gasteiger partial charge in [0, 0.05) is 13.0 Å². The number of anilines is 1. The van der Waals surface area contributed by atoms with Crippen molar-refractivity contribution in [2.75, 3.05) is 11.1 Å². The van der Waals surface area contributed by atoms with Crippen LogP contribution < -0.4 is 5.32 Å². The third-order valence-corrected chi connectivity index (χ3v) is 5.88. The Morgan fingerprint density at radius 2 is 1.91 bits per heavy atom. The molecule has 2 aromatic heterocycles. The zero-order chi connectivity index (χ0) is 24.1. The van der Waals surface area contributed by atoms with E-state index in [2.05, 4.69) is 25.6 Å². The number of alkyl halides is 3. The minimum Gasteiger partial charge on any atom is -0.323 e. The van der Waals surface area contributed by atoms with Crippen molar-refractivity contribution in [1.82, 2.24) is 29.5 Å². The van der Waals surface area contributed by atoms with Crippen LogP contribution in [0.25, 0.3) is 5.69 Å². The number of hydrogen-bond acceptors (Lipinski definition) is 6. The molecule has 1 amide bonds. The van der Waals surface area contributed by atoms with Crippen LogP contribution >= 0.6 is 11.8 Å². The Morgan fingerprint density at radius 1 is 1.12 bits per heavy atom. The number of aromatic nitrogens is 6. The summed E-state index contributed by atoms with van der Waals surface area (Å²) >= 11 is 1.16. The molecule has 0 aliphatic rings. The van der Waals surface area contributed by atoms with E-state index in [0.29, 0.717) is 18.1 Å². The van der Waals surface area contributed by atoms with Crippen LogP contribution in [0.15, 0.2) is 66.3 Å². The lowest BCUT2D eigenvalue weighted by atomic mass is 10.1. The van der Waals surface area contributed by atoms with E-state index in [0.717, 1.165) is 35.3 Å². The van der Waals surface area contributed by atoms with Gasteiger partial charge in [0.2, 0.25) is 5.91 Å². The van der Waals surface area contributed by atoms with Crippen LogP contribution in [-0.4, -0.2) is 41.2 Å². The van der Waals surface area contributed by atoms with Gasteiger partial charge >= 0.3 is 6.18 Å². The van der Waals surface area contributed by atoms with Crippen LogP contribution in [0.3, 0.4) is 0 Å². The minimum absolute atomic E-state index is 0.0207. The summed E-state index contributed by atoms with van der Waals surface area (Å²) in [7, 11) is 0. The molecular weight excluding hydrogens is 467 g/mol. The molecule has 0 fully saturated rings. The predicted molar refractivity (Wildman–Crippen MR) is 121 cm³/mol. The van der Waals surface area contributed by atoms with Crippen LogP contribution in [0, 0.1) is 0 Å². The van der Waals surface area contributed by atoms with Crippen LogP contribution in [0.5, 0.6) is 0 Å². The van der Waals surface area contributed by atoms with E-state index >= 15 is 0 Å². The Morgan fingerprint density at radius 3 is 2.59 bits per heavy atom. The molecular formula is C22H20F3N7OS. The Hall–Kier alpha value is -3.67. The molecule has 2 heterocycles. The summed E-state index contributed by atoms with van der Waals surface area (Å²) in [5.41, 5.74) is 0.457. The Kier molecular flexibility index (Phi) is 6.96. The summed E-state index contributed by atoms with van der Waals surface area (Å²) in [5, 5.41) is 15.5. The topological polar surface area (TPSA) is 90.5 Å². The first-order chi connectivity index (χ1) is 16.3. The molecule has 0 atom stereocenters. The van der Waals surface area contributed by atoms with Crippen molar-refractivity contribution in [3.05, 3.63) is 78.1 Å². The van der Waals surface area contributed by atoms with Crippen molar-refractivity contribution < 1.29 is 18.0 Å². The van der Waals surface area contributed by atoms with E-state index in [1.165, 1.54) is 23.4 Å². The number of benzene rings is 2. The quantitative estimate of drug-likeness (QED) is 0.375. The van der Waals surface area contributed by atoms with Crippen LogP contribution in [0.1, 0.15) is 23.9 Å². The second kappa shape index (κ2) is 10.1. The van der Waals surface area contributed by atoms with E-state index in [9.17, 15) is 18.0 Å². The lowest BCUT2D eigenvalue weighted by molar-refractivity contribution is -0.137. The van der Waals surface area contributed by atoms with Crippen LogP contribution in [0.4, 0.5) is 18.9 Å². The summed E-state index contributed by atoms with van der Waals surface area (Å²) in [5.74, 6) is 0.222. The van der Waals surface area contributed by atoms with Gasteiger partial charge in [-0.15, -0.1) is 10.2 Å². The molecule has 0 spiro atoms. The number of hydrogen-bond donors (Lipinski definition) is 1. The fraction of sp³-hybridized carbons (Fsp3) is 0.227. The van der Waals surface area contributed by atoms with Crippen molar-refractivity contribution in [2.24, 2.45) is 0 Å². The third kappa shape index (κ3) is 5.45. The zero-order valence-electron chi connectivity index (χ0n) is 18.0. The SMILES string of the molecule is CCn1c(Cc2ccccc2)nnc1SCC(=O)Nc1cc(C(F)(F)F)ccc1-n1cncn1. The predicted octanol–water partition coefficient (Wildman–Crippen LogP) is 4.22. The number of thioether (sulfide) groups is 1. The maximum Gasteiger partial charge on any atom is 0.416 e. The van der Waals surface area contributed by atoms with Gasteiger partial charge in [-0.05, 0) is 30.7 Å². The minimum atomic E-state index is -4.55. The molecule has 8 nitrogen and oxygen atoms in total. The van der Waals surface area contributed by atoms with Crippen molar-refractivity contribution in [3.8, 4) is 5.69 Å².